The topological polar surface area (TPSA) is 36.4 Å². The van der Waals surface area contributed by atoms with E-state index in [-0.39, 0.29) is 6.61 Å². The number of benzene rings is 1. The Morgan fingerprint density at radius 1 is 1.30 bits per heavy atom. The van der Waals surface area contributed by atoms with Crippen LogP contribution in [0.25, 0.3) is 10.8 Å². The normalized spacial score (nSPS) is 14.7. The Morgan fingerprint density at radius 3 is 2.80 bits per heavy atom. The van der Waals surface area contributed by atoms with Gasteiger partial charge in [0, 0.05) is 18.5 Å². The number of rotatable bonds is 6. The number of aliphatic hydroxyl groups is 1. The molecule has 106 valence electrons. The molecule has 1 heterocycles. The Labute approximate surface area is 120 Å². The van der Waals surface area contributed by atoms with Gasteiger partial charge in [-0.2, -0.15) is 0 Å². The van der Waals surface area contributed by atoms with Gasteiger partial charge >= 0.3 is 0 Å². The molecule has 0 radical (unpaired) electrons. The molecule has 0 spiro atoms. The molecule has 0 amide bonds. The molecule has 1 aliphatic carbocycles. The minimum absolute atomic E-state index is 0.00122. The monoisotopic (exact) mass is 270 g/mol. The fourth-order valence-electron chi connectivity index (χ4n) is 2.72. The zero-order chi connectivity index (χ0) is 13.9. The summed E-state index contributed by atoms with van der Waals surface area (Å²) in [6, 6.07) is 10.3. The van der Waals surface area contributed by atoms with Crippen LogP contribution in [0, 0.1) is 5.92 Å². The van der Waals surface area contributed by atoms with E-state index in [0.717, 1.165) is 36.9 Å². The summed E-state index contributed by atoms with van der Waals surface area (Å²) in [6.07, 6.45) is 3.81. The van der Waals surface area contributed by atoms with E-state index < -0.39 is 0 Å². The minimum atomic E-state index is 0.00122. The zero-order valence-electron chi connectivity index (χ0n) is 12.0. The van der Waals surface area contributed by atoms with E-state index in [4.69, 9.17) is 4.98 Å². The molecule has 1 aliphatic rings. The van der Waals surface area contributed by atoms with Crippen LogP contribution in [0.3, 0.4) is 0 Å². The second-order valence-electron chi connectivity index (χ2n) is 5.71. The maximum atomic E-state index is 9.45. The van der Waals surface area contributed by atoms with Crippen LogP contribution >= 0.6 is 0 Å². The van der Waals surface area contributed by atoms with Crippen LogP contribution in [0.15, 0.2) is 30.3 Å². The van der Waals surface area contributed by atoms with E-state index in [0.29, 0.717) is 0 Å². The van der Waals surface area contributed by atoms with Crippen molar-refractivity contribution in [3.63, 3.8) is 0 Å². The average molecular weight is 270 g/mol. The van der Waals surface area contributed by atoms with Gasteiger partial charge in [0.15, 0.2) is 0 Å². The minimum Gasteiger partial charge on any atom is -0.390 e. The van der Waals surface area contributed by atoms with Gasteiger partial charge in [-0.15, -0.1) is 0 Å². The summed E-state index contributed by atoms with van der Waals surface area (Å²) < 4.78 is 0. The van der Waals surface area contributed by atoms with Gasteiger partial charge in [0.25, 0.3) is 0 Å². The average Bonchev–Trinajstić information content (AvgIpc) is 3.29. The molecule has 20 heavy (non-hydrogen) atoms. The van der Waals surface area contributed by atoms with Crippen LogP contribution in [0.2, 0.25) is 0 Å². The van der Waals surface area contributed by atoms with Crippen molar-refractivity contribution in [1.82, 2.24) is 4.98 Å². The molecule has 1 aromatic carbocycles. The molecule has 0 bridgehead atoms. The summed E-state index contributed by atoms with van der Waals surface area (Å²) in [4.78, 5) is 7.10. The molecule has 3 heteroatoms. The lowest BCUT2D eigenvalue weighted by atomic mass is 10.1. The molecular weight excluding hydrogens is 248 g/mol. The van der Waals surface area contributed by atoms with Gasteiger partial charge in [-0.05, 0) is 36.6 Å². The lowest BCUT2D eigenvalue weighted by Gasteiger charge is -2.25. The molecular formula is C17H22N2O. The fourth-order valence-corrected chi connectivity index (χ4v) is 2.72. The van der Waals surface area contributed by atoms with Gasteiger partial charge in [0.05, 0.1) is 12.3 Å². The lowest BCUT2D eigenvalue weighted by molar-refractivity contribution is 0.277. The van der Waals surface area contributed by atoms with Crippen LogP contribution in [-0.2, 0) is 6.61 Å². The van der Waals surface area contributed by atoms with Crippen molar-refractivity contribution in [1.29, 1.82) is 0 Å². The number of hydrogen-bond donors (Lipinski definition) is 1. The zero-order valence-corrected chi connectivity index (χ0v) is 12.0. The molecule has 2 aromatic rings. The van der Waals surface area contributed by atoms with Crippen LogP contribution in [0.1, 0.15) is 31.9 Å². The highest BCUT2D eigenvalue weighted by molar-refractivity contribution is 5.92. The lowest BCUT2D eigenvalue weighted by Crippen LogP contribution is -2.28. The smallest absolute Gasteiger partial charge is 0.136 e. The molecule has 3 rings (SSSR count). The molecule has 0 aliphatic heterocycles. The summed E-state index contributed by atoms with van der Waals surface area (Å²) in [7, 11) is 0. The van der Waals surface area contributed by atoms with Crippen molar-refractivity contribution >= 4 is 16.6 Å². The van der Waals surface area contributed by atoms with Crippen LogP contribution < -0.4 is 4.90 Å². The second-order valence-corrected chi connectivity index (χ2v) is 5.71. The largest absolute Gasteiger partial charge is 0.390 e. The van der Waals surface area contributed by atoms with E-state index in [1.54, 1.807) is 0 Å². The van der Waals surface area contributed by atoms with E-state index in [2.05, 4.69) is 30.0 Å². The van der Waals surface area contributed by atoms with Crippen molar-refractivity contribution in [2.75, 3.05) is 18.0 Å². The quantitative estimate of drug-likeness (QED) is 0.874. The molecule has 0 atom stereocenters. The standard InChI is InChI=1S/C17H22N2O/c1-2-9-19(11-13-7-8-13)17-16-6-4-3-5-14(16)10-15(12-20)18-17/h3-6,10,13,20H,2,7-9,11-12H2,1H3. The summed E-state index contributed by atoms with van der Waals surface area (Å²) in [5.41, 5.74) is 0.760. The van der Waals surface area contributed by atoms with Crippen molar-refractivity contribution in [2.45, 2.75) is 32.8 Å². The van der Waals surface area contributed by atoms with Gasteiger partial charge in [-0.25, -0.2) is 4.98 Å². The van der Waals surface area contributed by atoms with E-state index in [1.807, 2.05) is 12.1 Å². The highest BCUT2D eigenvalue weighted by atomic mass is 16.3. The number of pyridine rings is 1. The number of aromatic nitrogens is 1. The first-order valence-corrected chi connectivity index (χ1v) is 7.56. The molecule has 0 unspecified atom stereocenters. The van der Waals surface area contributed by atoms with Gasteiger partial charge in [0.1, 0.15) is 5.82 Å². The van der Waals surface area contributed by atoms with Gasteiger partial charge in [-0.1, -0.05) is 31.2 Å². The predicted octanol–water partition coefficient (Wildman–Crippen LogP) is 3.35. The Morgan fingerprint density at radius 2 is 2.10 bits per heavy atom. The van der Waals surface area contributed by atoms with E-state index >= 15 is 0 Å². The van der Waals surface area contributed by atoms with Crippen molar-refractivity contribution in [3.05, 3.63) is 36.0 Å². The first-order chi connectivity index (χ1) is 9.81. The Bertz CT molecular complexity index is 593. The Kier molecular flexibility index (Phi) is 3.88. The van der Waals surface area contributed by atoms with Crippen LogP contribution in [0.4, 0.5) is 5.82 Å². The maximum Gasteiger partial charge on any atom is 0.136 e. The molecule has 1 aromatic heterocycles. The number of hydrogen-bond acceptors (Lipinski definition) is 3. The number of fused-ring (bicyclic) bond motifs is 1. The molecule has 3 nitrogen and oxygen atoms in total. The third-order valence-electron chi connectivity index (χ3n) is 3.90. The van der Waals surface area contributed by atoms with E-state index in [1.165, 1.54) is 23.6 Å². The SMILES string of the molecule is CCCN(CC1CC1)c1nc(CO)cc2ccccc12. The third kappa shape index (κ3) is 2.78. The number of anilines is 1. The number of aliphatic hydroxyl groups excluding tert-OH is 1. The molecule has 1 fully saturated rings. The van der Waals surface area contributed by atoms with Gasteiger partial charge in [-0.3, -0.25) is 0 Å². The molecule has 0 saturated heterocycles. The maximum absolute atomic E-state index is 9.45. The van der Waals surface area contributed by atoms with Gasteiger partial charge in [0.2, 0.25) is 0 Å². The summed E-state index contributed by atoms with van der Waals surface area (Å²) in [6.45, 7) is 4.33. The van der Waals surface area contributed by atoms with Crippen molar-refractivity contribution in [3.8, 4) is 0 Å². The highest BCUT2D eigenvalue weighted by Gasteiger charge is 2.25. The first kappa shape index (κ1) is 13.4. The summed E-state index contributed by atoms with van der Waals surface area (Å²) in [5.74, 6) is 1.88. The highest BCUT2D eigenvalue weighted by Crippen LogP contribution is 2.33. The van der Waals surface area contributed by atoms with Crippen molar-refractivity contribution < 1.29 is 5.11 Å². The fraction of sp³-hybridized carbons (Fsp3) is 0.471. The predicted molar refractivity (Wildman–Crippen MR) is 82.9 cm³/mol. The Hall–Kier alpha value is -1.61. The van der Waals surface area contributed by atoms with Gasteiger partial charge < -0.3 is 10.0 Å². The molecule has 1 saturated carbocycles. The van der Waals surface area contributed by atoms with Crippen molar-refractivity contribution in [2.24, 2.45) is 5.92 Å². The summed E-state index contributed by atoms with van der Waals surface area (Å²) >= 11 is 0. The molecule has 1 N–H and O–H groups in total. The summed E-state index contributed by atoms with van der Waals surface area (Å²) in [5, 5.41) is 11.8. The number of nitrogens with zero attached hydrogens (tertiary/aromatic N) is 2. The van der Waals surface area contributed by atoms with Crippen LogP contribution in [0.5, 0.6) is 0 Å². The van der Waals surface area contributed by atoms with Crippen LogP contribution in [-0.4, -0.2) is 23.2 Å². The van der Waals surface area contributed by atoms with E-state index in [9.17, 15) is 5.11 Å². The first-order valence-electron chi connectivity index (χ1n) is 7.56. The Balaban J connectivity index is 2.05. The third-order valence-corrected chi connectivity index (χ3v) is 3.90. The second kappa shape index (κ2) is 5.80.